The van der Waals surface area contributed by atoms with Gasteiger partial charge in [-0.25, -0.2) is 17.8 Å². The lowest BCUT2D eigenvalue weighted by Crippen LogP contribution is -2.58. The second kappa shape index (κ2) is 15.1. The molecule has 2 aliphatic heterocycles. The van der Waals surface area contributed by atoms with Crippen molar-refractivity contribution in [1.82, 2.24) is 30.2 Å². The fourth-order valence-corrected chi connectivity index (χ4v) is 9.18. The van der Waals surface area contributed by atoms with E-state index in [2.05, 4.69) is 15.4 Å². The number of sulfonamides is 1. The molecule has 4 aromatic rings. The minimum atomic E-state index is -3.93. The van der Waals surface area contributed by atoms with Crippen LogP contribution in [0, 0.1) is 11.7 Å². The number of rotatable bonds is 8. The third kappa shape index (κ3) is 7.76. The van der Waals surface area contributed by atoms with Gasteiger partial charge in [0, 0.05) is 30.2 Å². The fourth-order valence-electron chi connectivity index (χ4n) is 7.81. The molecular formula is C40H43FN6O9S. The van der Waals surface area contributed by atoms with Crippen molar-refractivity contribution in [2.75, 3.05) is 13.7 Å². The average molecular weight is 803 g/mol. The molecule has 3 fully saturated rings. The molecule has 57 heavy (non-hydrogen) atoms. The highest BCUT2D eigenvalue weighted by atomic mass is 32.2. The topological polar surface area (TPSA) is 199 Å². The molecule has 4 heterocycles. The number of carbonyl (C=O) groups excluding carboxylic acids is 4. The summed E-state index contributed by atoms with van der Waals surface area (Å²) in [5.41, 5.74) is -0.242. The number of nitrogens with zero attached hydrogens (tertiary/aromatic N) is 3. The Bertz CT molecular complexity index is 2420. The van der Waals surface area contributed by atoms with Crippen LogP contribution in [0.15, 0.2) is 59.0 Å². The Morgan fingerprint density at radius 3 is 2.67 bits per heavy atom. The van der Waals surface area contributed by atoms with E-state index < -0.39 is 74.4 Å². The van der Waals surface area contributed by atoms with Gasteiger partial charge in [0.25, 0.3) is 11.8 Å². The Labute approximate surface area is 327 Å². The van der Waals surface area contributed by atoms with Gasteiger partial charge in [-0.1, -0.05) is 37.1 Å². The van der Waals surface area contributed by atoms with E-state index in [1.165, 1.54) is 37.1 Å². The second-order valence-electron chi connectivity index (χ2n) is 15.3. The highest BCUT2D eigenvalue weighted by Crippen LogP contribution is 2.46. The molecule has 8 rings (SSSR count). The van der Waals surface area contributed by atoms with Crippen molar-refractivity contribution in [3.8, 4) is 23.0 Å². The molecule has 0 spiro atoms. The third-order valence-corrected chi connectivity index (χ3v) is 12.9. The zero-order chi connectivity index (χ0) is 40.1. The molecule has 300 valence electrons. The third-order valence-electron chi connectivity index (χ3n) is 11.1. The highest BCUT2D eigenvalue weighted by Gasteiger charge is 2.62. The number of hydrogen-bond acceptors (Lipinski definition) is 11. The molecule has 2 saturated carbocycles. The number of methoxy groups -OCH3 is 1. The number of aromatic nitrogens is 2. The second-order valence-corrected chi connectivity index (χ2v) is 17.2. The van der Waals surface area contributed by atoms with Crippen molar-refractivity contribution >= 4 is 55.7 Å². The normalized spacial score (nSPS) is 26.1. The minimum Gasteiger partial charge on any atom is -0.497 e. The molecule has 0 bridgehead atoms. The van der Waals surface area contributed by atoms with Crippen LogP contribution < -0.4 is 24.8 Å². The van der Waals surface area contributed by atoms with E-state index in [-0.39, 0.29) is 42.2 Å². The molecule has 0 unspecified atom stereocenters. The maximum atomic E-state index is 14.5. The lowest BCUT2D eigenvalue weighted by atomic mass is 10.0. The molecule has 5 atom stereocenters. The summed E-state index contributed by atoms with van der Waals surface area (Å²) in [5, 5.41) is 5.33. The van der Waals surface area contributed by atoms with Gasteiger partial charge in [-0.2, -0.15) is 4.98 Å². The monoisotopic (exact) mass is 802 g/mol. The van der Waals surface area contributed by atoms with Crippen LogP contribution >= 0.6 is 0 Å². The smallest absolute Gasteiger partial charge is 0.262 e. The number of fused-ring (bicyclic) bond motifs is 5. The van der Waals surface area contributed by atoms with Gasteiger partial charge < -0.3 is 29.4 Å². The predicted molar refractivity (Wildman–Crippen MR) is 205 cm³/mol. The molecule has 4 amide bonds. The van der Waals surface area contributed by atoms with Crippen LogP contribution in [0.4, 0.5) is 4.39 Å². The van der Waals surface area contributed by atoms with Crippen molar-refractivity contribution in [2.45, 2.75) is 93.7 Å². The first-order valence-electron chi connectivity index (χ1n) is 19.2. The van der Waals surface area contributed by atoms with Crippen molar-refractivity contribution in [1.29, 1.82) is 0 Å². The molecule has 2 aromatic carbocycles. The number of amides is 4. The van der Waals surface area contributed by atoms with E-state index in [0.29, 0.717) is 54.4 Å². The molecule has 2 aliphatic carbocycles. The van der Waals surface area contributed by atoms with Gasteiger partial charge in [0.05, 0.1) is 18.9 Å². The Hall–Kier alpha value is -5.58. The summed E-state index contributed by atoms with van der Waals surface area (Å²) in [4.78, 5) is 65.7. The molecular weight excluding hydrogens is 760 g/mol. The zero-order valence-corrected chi connectivity index (χ0v) is 32.3. The number of nitrogens with one attached hydrogen (secondary N) is 3. The number of halogens is 1. The lowest BCUT2D eigenvalue weighted by molar-refractivity contribution is -0.142. The molecule has 17 heteroatoms. The Kier molecular flexibility index (Phi) is 10.1. The molecule has 0 radical (unpaired) electrons. The van der Waals surface area contributed by atoms with E-state index in [1.807, 2.05) is 12.2 Å². The van der Waals surface area contributed by atoms with Gasteiger partial charge >= 0.3 is 0 Å². The summed E-state index contributed by atoms with van der Waals surface area (Å²) in [6, 6.07) is 8.94. The van der Waals surface area contributed by atoms with Gasteiger partial charge in [-0.3, -0.25) is 23.9 Å². The summed E-state index contributed by atoms with van der Waals surface area (Å²) < 4.78 is 60.5. The first-order chi connectivity index (χ1) is 27.3. The number of hydrogen-bond donors (Lipinski definition) is 3. The van der Waals surface area contributed by atoms with Gasteiger partial charge in [-0.15, -0.1) is 0 Å². The number of carbonyl (C=O) groups is 4. The van der Waals surface area contributed by atoms with Crippen LogP contribution in [0.5, 0.6) is 11.6 Å². The van der Waals surface area contributed by atoms with E-state index in [1.54, 1.807) is 24.3 Å². The molecule has 4 aliphatic rings. The number of allylic oxidation sites excluding steroid dienone is 1. The summed E-state index contributed by atoms with van der Waals surface area (Å²) in [7, 11) is -2.40. The molecule has 15 nitrogen and oxygen atoms in total. The maximum Gasteiger partial charge on any atom is 0.262 e. The van der Waals surface area contributed by atoms with Crippen molar-refractivity contribution in [2.24, 2.45) is 5.92 Å². The Morgan fingerprint density at radius 2 is 1.89 bits per heavy atom. The van der Waals surface area contributed by atoms with Crippen molar-refractivity contribution < 1.29 is 45.9 Å². The standard InChI is InChI=1S/C40H43FN6O9S/c1-22(48)42-30-12-7-5-3-4-6-10-24-20-40(24,39(51)46-57(52,53)28-14-15-28)45-36(49)31-19-27(21-47(31)38(30)50)55-37-34-33(29-18-25(41)13-16-32(29)56-34)43-35(44-37)23-9-8-11-26(17-23)54-2/h6,8-11,13,16-18,24,27-28,30-31H,3-5,7,12,14-15,19-21H2,1-2H3,(H,42,48)(H,45,49)(H,46,51)/b10-6-/t24-,27+,30-,31-,40+/m0/s1. The predicted octanol–water partition coefficient (Wildman–Crippen LogP) is 4.05. The summed E-state index contributed by atoms with van der Waals surface area (Å²) in [5.74, 6) is -2.63. The first kappa shape index (κ1) is 38.3. The summed E-state index contributed by atoms with van der Waals surface area (Å²) in [6.07, 6.45) is 7.11. The van der Waals surface area contributed by atoms with E-state index >= 15 is 0 Å². The molecule has 2 aromatic heterocycles. The number of benzene rings is 2. The van der Waals surface area contributed by atoms with Crippen molar-refractivity contribution in [3.05, 3.63) is 60.4 Å². The average Bonchev–Trinajstić information content (AvgIpc) is 4.08. The number of furan rings is 1. The van der Waals surface area contributed by atoms with Gasteiger partial charge in [-0.05, 0) is 68.9 Å². The molecule has 3 N–H and O–H groups in total. The maximum absolute atomic E-state index is 14.5. The Balaban J connectivity index is 1.16. The minimum absolute atomic E-state index is 0.0121. The summed E-state index contributed by atoms with van der Waals surface area (Å²) in [6.45, 7) is 1.21. The van der Waals surface area contributed by atoms with Crippen LogP contribution in [-0.2, 0) is 29.2 Å². The van der Waals surface area contributed by atoms with Crippen LogP contribution in [0.3, 0.4) is 0 Å². The van der Waals surface area contributed by atoms with Crippen LogP contribution in [-0.4, -0.2) is 89.5 Å². The Morgan fingerprint density at radius 1 is 1.07 bits per heavy atom. The van der Waals surface area contributed by atoms with E-state index in [0.717, 1.165) is 12.8 Å². The van der Waals surface area contributed by atoms with Gasteiger partial charge in [0.1, 0.15) is 46.4 Å². The highest BCUT2D eigenvalue weighted by molar-refractivity contribution is 7.91. The SMILES string of the molecule is COc1cccc(-c2nc(O[C@@H]3C[C@H]4C(=O)N[C@]5(C(=O)NS(=O)(=O)C6CC6)C[C@@H]5/C=C\CCCCC[C@H](NC(C)=O)C(=O)N4C3)c3oc4ccc(F)cc4c3n2)c1. The van der Waals surface area contributed by atoms with E-state index in [9.17, 15) is 32.0 Å². The fraction of sp³-hybridized carbons (Fsp3) is 0.450. The van der Waals surface area contributed by atoms with Gasteiger partial charge in [0.15, 0.2) is 5.82 Å². The first-order valence-corrected chi connectivity index (χ1v) is 20.7. The zero-order valence-electron chi connectivity index (χ0n) is 31.5. The van der Waals surface area contributed by atoms with E-state index in [4.69, 9.17) is 23.9 Å². The largest absolute Gasteiger partial charge is 0.497 e. The molecule has 1 saturated heterocycles. The van der Waals surface area contributed by atoms with Gasteiger partial charge in [0.2, 0.25) is 33.3 Å². The van der Waals surface area contributed by atoms with Crippen LogP contribution in [0.1, 0.15) is 64.7 Å². The van der Waals surface area contributed by atoms with Crippen molar-refractivity contribution in [3.63, 3.8) is 0 Å². The van der Waals surface area contributed by atoms with Crippen LogP contribution in [0.25, 0.3) is 33.5 Å². The summed E-state index contributed by atoms with van der Waals surface area (Å²) >= 11 is 0. The van der Waals surface area contributed by atoms with Crippen LogP contribution in [0.2, 0.25) is 0 Å². The quantitative estimate of drug-likeness (QED) is 0.217. The lowest BCUT2D eigenvalue weighted by Gasteiger charge is -2.29. The number of ether oxygens (including phenoxy) is 2.